The van der Waals surface area contributed by atoms with E-state index in [1.165, 1.54) is 18.7 Å². The van der Waals surface area contributed by atoms with Crippen LogP contribution in [-0.4, -0.2) is 42.0 Å². The zero-order valence-electron chi connectivity index (χ0n) is 13.5. The van der Waals surface area contributed by atoms with Crippen LogP contribution in [0.5, 0.6) is 0 Å². The van der Waals surface area contributed by atoms with Gasteiger partial charge in [-0.3, -0.25) is 9.28 Å². The molecule has 2 atom stereocenters. The van der Waals surface area contributed by atoms with Crippen LogP contribution in [0.3, 0.4) is 0 Å². The first-order chi connectivity index (χ1) is 9.56. The molecule has 0 aromatic rings. The number of allylic oxidation sites excluding steroid dienone is 1. The van der Waals surface area contributed by atoms with Crippen molar-refractivity contribution >= 4 is 11.7 Å². The highest BCUT2D eigenvalue weighted by Gasteiger charge is 2.41. The van der Waals surface area contributed by atoms with Gasteiger partial charge in [-0.1, -0.05) is 31.9 Å². The number of nitrogens with zero attached hydrogens (tertiary/aromatic N) is 2. The van der Waals surface area contributed by atoms with Crippen molar-refractivity contribution in [1.82, 2.24) is 5.32 Å². The molecule has 0 aromatic heterocycles. The second-order valence-corrected chi connectivity index (χ2v) is 5.57. The summed E-state index contributed by atoms with van der Waals surface area (Å²) in [5, 5.41) is 3.05. The van der Waals surface area contributed by atoms with Crippen molar-refractivity contribution < 1.29 is 9.28 Å². The topological polar surface area (TPSA) is 41.5 Å². The molecule has 1 heterocycles. The summed E-state index contributed by atoms with van der Waals surface area (Å²) in [6.07, 6.45) is 9.14. The highest BCUT2D eigenvalue weighted by atomic mass is 16.1. The number of carbonyl (C=O) groups is 1. The fourth-order valence-corrected chi connectivity index (χ4v) is 2.95. The molecule has 2 unspecified atom stereocenters. The average Bonchev–Trinajstić information content (AvgIpc) is 2.82. The molecule has 1 amide bonds. The molecule has 4 heteroatoms. The summed E-state index contributed by atoms with van der Waals surface area (Å²) >= 11 is 0. The maximum atomic E-state index is 11.3. The average molecular weight is 280 g/mol. The highest BCUT2D eigenvalue weighted by molar-refractivity contribution is 5.79. The number of hydrogen-bond donors (Lipinski definition) is 1. The quantitative estimate of drug-likeness (QED) is 0.414. The Morgan fingerprint density at radius 2 is 2.20 bits per heavy atom. The SMILES string of the molecule is CCCC/C=C/CC1=NCC[N+]1(CC)C(C)NC(C)=O. The smallest absolute Gasteiger partial charge is 0.221 e. The van der Waals surface area contributed by atoms with Gasteiger partial charge in [0.15, 0.2) is 6.17 Å². The van der Waals surface area contributed by atoms with Crippen molar-refractivity contribution in [3.05, 3.63) is 12.2 Å². The van der Waals surface area contributed by atoms with E-state index in [0.717, 1.165) is 37.0 Å². The van der Waals surface area contributed by atoms with Gasteiger partial charge in [0, 0.05) is 13.8 Å². The monoisotopic (exact) mass is 280 g/mol. The standard InChI is InChI=1S/C16H29N3O/c1-5-7-8-9-10-11-16-17-12-13-19(16,6-2)14(3)18-15(4)20/h9-10,14H,5-8,11-13H2,1-4H3/p+1/b10-9+. The van der Waals surface area contributed by atoms with Gasteiger partial charge in [0.2, 0.25) is 11.7 Å². The summed E-state index contributed by atoms with van der Waals surface area (Å²) in [7, 11) is 0. The predicted octanol–water partition coefficient (Wildman–Crippen LogP) is 2.85. The first kappa shape index (κ1) is 16.9. The molecule has 20 heavy (non-hydrogen) atoms. The van der Waals surface area contributed by atoms with Crippen LogP contribution in [0, 0.1) is 0 Å². The minimum Gasteiger partial charge on any atom is -0.307 e. The molecule has 0 saturated heterocycles. The van der Waals surface area contributed by atoms with Crippen LogP contribution in [0.25, 0.3) is 0 Å². The third-order valence-corrected chi connectivity index (χ3v) is 4.22. The zero-order valence-corrected chi connectivity index (χ0v) is 13.5. The number of quaternary nitrogens is 1. The van der Waals surface area contributed by atoms with Crippen molar-refractivity contribution in [1.29, 1.82) is 0 Å². The van der Waals surface area contributed by atoms with Crippen LogP contribution in [0.15, 0.2) is 17.1 Å². The Labute approximate surface area is 123 Å². The number of carbonyl (C=O) groups excluding carboxylic acids is 1. The van der Waals surface area contributed by atoms with Crippen molar-refractivity contribution in [3.8, 4) is 0 Å². The molecule has 1 aliphatic heterocycles. The number of likely N-dealkylation sites (N-methyl/N-ethyl adjacent to an activating group) is 1. The number of rotatable bonds is 8. The number of amidine groups is 1. The van der Waals surface area contributed by atoms with Crippen LogP contribution in [0.4, 0.5) is 0 Å². The van der Waals surface area contributed by atoms with E-state index >= 15 is 0 Å². The summed E-state index contributed by atoms with van der Waals surface area (Å²) in [5.74, 6) is 1.25. The molecule has 0 radical (unpaired) electrons. The van der Waals surface area contributed by atoms with Crippen LogP contribution >= 0.6 is 0 Å². The van der Waals surface area contributed by atoms with Crippen LogP contribution < -0.4 is 5.32 Å². The van der Waals surface area contributed by atoms with Gasteiger partial charge in [-0.25, -0.2) is 4.99 Å². The van der Waals surface area contributed by atoms with Gasteiger partial charge in [-0.15, -0.1) is 0 Å². The zero-order chi connectivity index (χ0) is 15.0. The van der Waals surface area contributed by atoms with Crippen LogP contribution in [0.1, 0.15) is 53.4 Å². The molecular formula is C16H30N3O+. The summed E-state index contributed by atoms with van der Waals surface area (Å²) in [6.45, 7) is 10.9. The minimum atomic E-state index is 0.0354. The maximum absolute atomic E-state index is 11.3. The Balaban J connectivity index is 2.68. The molecule has 0 saturated carbocycles. The number of amides is 1. The third kappa shape index (κ3) is 4.17. The van der Waals surface area contributed by atoms with Crippen molar-refractivity contribution in [3.63, 3.8) is 0 Å². The summed E-state index contributed by atoms with van der Waals surface area (Å²) < 4.78 is 0.803. The number of aliphatic imine (C=N–C) groups is 1. The predicted molar refractivity (Wildman–Crippen MR) is 84.5 cm³/mol. The van der Waals surface area contributed by atoms with E-state index in [4.69, 9.17) is 4.99 Å². The van der Waals surface area contributed by atoms with E-state index in [2.05, 4.69) is 38.2 Å². The number of hydrogen-bond acceptors (Lipinski definition) is 2. The molecule has 1 N–H and O–H groups in total. The fraction of sp³-hybridized carbons (Fsp3) is 0.750. The Bertz CT molecular complexity index is 376. The Morgan fingerprint density at radius 3 is 2.80 bits per heavy atom. The molecule has 0 bridgehead atoms. The molecule has 1 rings (SSSR count). The third-order valence-electron chi connectivity index (χ3n) is 4.22. The second-order valence-electron chi connectivity index (χ2n) is 5.57. The first-order valence-corrected chi connectivity index (χ1v) is 7.89. The highest BCUT2D eigenvalue weighted by Crippen LogP contribution is 2.21. The summed E-state index contributed by atoms with van der Waals surface area (Å²) in [6, 6.07) is 0. The normalized spacial score (nSPS) is 23.9. The first-order valence-electron chi connectivity index (χ1n) is 7.89. The molecule has 0 spiro atoms. The molecule has 4 nitrogen and oxygen atoms in total. The number of nitrogens with one attached hydrogen (secondary N) is 1. The molecule has 0 aliphatic carbocycles. The molecule has 1 aliphatic rings. The van der Waals surface area contributed by atoms with Gasteiger partial charge >= 0.3 is 0 Å². The van der Waals surface area contributed by atoms with Gasteiger partial charge in [-0.2, -0.15) is 0 Å². The lowest BCUT2D eigenvalue weighted by molar-refractivity contribution is -0.861. The van der Waals surface area contributed by atoms with Gasteiger partial charge in [-0.05, 0) is 13.3 Å². The van der Waals surface area contributed by atoms with Gasteiger partial charge < -0.3 is 5.32 Å². The Hall–Kier alpha value is -1.16. The number of unbranched alkanes of at least 4 members (excludes halogenated alkanes) is 2. The molecular weight excluding hydrogens is 250 g/mol. The molecule has 0 aromatic carbocycles. The van der Waals surface area contributed by atoms with Crippen LogP contribution in [-0.2, 0) is 4.79 Å². The minimum absolute atomic E-state index is 0.0354. The summed E-state index contributed by atoms with van der Waals surface area (Å²) in [4.78, 5) is 16.0. The lowest BCUT2D eigenvalue weighted by Gasteiger charge is -2.39. The van der Waals surface area contributed by atoms with Crippen LogP contribution in [0.2, 0.25) is 0 Å². The van der Waals surface area contributed by atoms with Gasteiger partial charge in [0.05, 0.1) is 19.5 Å². The molecule has 114 valence electrons. The summed E-state index contributed by atoms with van der Waals surface area (Å²) in [5.41, 5.74) is 0. The van der Waals surface area contributed by atoms with E-state index < -0.39 is 0 Å². The fourth-order valence-electron chi connectivity index (χ4n) is 2.95. The van der Waals surface area contributed by atoms with E-state index in [-0.39, 0.29) is 12.1 Å². The molecule has 0 fully saturated rings. The van der Waals surface area contributed by atoms with E-state index in [1.54, 1.807) is 6.92 Å². The second kappa shape index (κ2) is 8.20. The largest absolute Gasteiger partial charge is 0.307 e. The van der Waals surface area contributed by atoms with E-state index in [1.807, 2.05) is 0 Å². The van der Waals surface area contributed by atoms with Crippen molar-refractivity contribution in [2.75, 3.05) is 19.6 Å². The van der Waals surface area contributed by atoms with E-state index in [0.29, 0.717) is 0 Å². The maximum Gasteiger partial charge on any atom is 0.221 e. The van der Waals surface area contributed by atoms with Gasteiger partial charge in [0.1, 0.15) is 6.54 Å². The Kier molecular flexibility index (Phi) is 6.93. The van der Waals surface area contributed by atoms with Crippen molar-refractivity contribution in [2.45, 2.75) is 59.5 Å². The van der Waals surface area contributed by atoms with E-state index in [9.17, 15) is 4.79 Å². The lowest BCUT2D eigenvalue weighted by atomic mass is 10.2. The van der Waals surface area contributed by atoms with Gasteiger partial charge in [0.25, 0.3) is 0 Å². The van der Waals surface area contributed by atoms with Crippen molar-refractivity contribution in [2.24, 2.45) is 4.99 Å². The lowest BCUT2D eigenvalue weighted by Crippen LogP contribution is -2.62. The Morgan fingerprint density at radius 1 is 1.45 bits per heavy atom.